The van der Waals surface area contributed by atoms with Crippen molar-refractivity contribution in [2.45, 2.75) is 6.92 Å². The Kier molecular flexibility index (Phi) is 2.45. The second kappa shape index (κ2) is 4.13. The number of nitrogens with zero attached hydrogens (tertiary/aromatic N) is 3. The third-order valence-electron chi connectivity index (χ3n) is 2.63. The highest BCUT2D eigenvalue weighted by atomic mass is 16.5. The van der Waals surface area contributed by atoms with Crippen LogP contribution in [0.3, 0.4) is 0 Å². The summed E-state index contributed by atoms with van der Waals surface area (Å²) in [6.07, 6.45) is 0. The van der Waals surface area contributed by atoms with Crippen LogP contribution in [0.1, 0.15) is 5.82 Å². The molecule has 3 N–H and O–H groups in total. The predicted octanol–water partition coefficient (Wildman–Crippen LogP) is 1.10. The van der Waals surface area contributed by atoms with Gasteiger partial charge in [-0.25, -0.2) is 14.3 Å². The van der Waals surface area contributed by atoms with Crippen molar-refractivity contribution in [2.75, 3.05) is 5.73 Å². The van der Waals surface area contributed by atoms with Gasteiger partial charge in [0.25, 0.3) is 0 Å². The standard InChI is InChI=1S/C12H11N5O2/c1-7-14-11(6-10-15-16-12(18)17(7)10)19-9-4-2-3-8(13)5-9/h2-6H,13H2,1H3,(H,16,18). The maximum Gasteiger partial charge on any atom is 0.349 e. The lowest BCUT2D eigenvalue weighted by atomic mass is 10.3. The summed E-state index contributed by atoms with van der Waals surface area (Å²) in [4.78, 5) is 15.7. The number of aromatic nitrogens is 4. The Morgan fingerprint density at radius 2 is 2.21 bits per heavy atom. The number of nitrogen functional groups attached to an aromatic ring is 1. The predicted molar refractivity (Wildman–Crippen MR) is 69.3 cm³/mol. The minimum Gasteiger partial charge on any atom is -0.439 e. The summed E-state index contributed by atoms with van der Waals surface area (Å²) in [5.74, 6) is 1.43. The van der Waals surface area contributed by atoms with Crippen molar-refractivity contribution in [3.63, 3.8) is 0 Å². The largest absolute Gasteiger partial charge is 0.439 e. The number of benzene rings is 1. The van der Waals surface area contributed by atoms with Gasteiger partial charge in [-0.1, -0.05) is 6.07 Å². The zero-order valence-electron chi connectivity index (χ0n) is 10.1. The summed E-state index contributed by atoms with van der Waals surface area (Å²) < 4.78 is 6.96. The molecule has 0 bridgehead atoms. The number of rotatable bonds is 2. The lowest BCUT2D eigenvalue weighted by Crippen LogP contribution is -2.13. The van der Waals surface area contributed by atoms with Crippen molar-refractivity contribution < 1.29 is 4.74 Å². The van der Waals surface area contributed by atoms with Gasteiger partial charge in [0, 0.05) is 17.8 Å². The Bertz CT molecular complexity index is 805. The number of H-pyrrole nitrogens is 1. The van der Waals surface area contributed by atoms with Gasteiger partial charge in [0.1, 0.15) is 11.6 Å². The molecule has 0 aliphatic heterocycles. The van der Waals surface area contributed by atoms with Gasteiger partial charge in [-0.05, 0) is 19.1 Å². The van der Waals surface area contributed by atoms with Crippen molar-refractivity contribution in [3.8, 4) is 11.6 Å². The molecule has 0 spiro atoms. The number of hydrogen-bond donors (Lipinski definition) is 2. The van der Waals surface area contributed by atoms with Gasteiger partial charge in [0.2, 0.25) is 5.88 Å². The van der Waals surface area contributed by atoms with Crippen molar-refractivity contribution in [2.24, 2.45) is 0 Å². The average molecular weight is 257 g/mol. The molecule has 0 atom stereocenters. The summed E-state index contributed by atoms with van der Waals surface area (Å²) in [6, 6.07) is 8.59. The number of anilines is 1. The van der Waals surface area contributed by atoms with E-state index in [1.165, 1.54) is 4.40 Å². The Morgan fingerprint density at radius 1 is 1.37 bits per heavy atom. The van der Waals surface area contributed by atoms with Crippen molar-refractivity contribution >= 4 is 11.3 Å². The smallest absolute Gasteiger partial charge is 0.349 e. The van der Waals surface area contributed by atoms with Gasteiger partial charge in [-0.15, -0.1) is 0 Å². The zero-order chi connectivity index (χ0) is 13.4. The number of aromatic amines is 1. The number of fused-ring (bicyclic) bond motifs is 1. The molecule has 7 heteroatoms. The van der Waals surface area contributed by atoms with Gasteiger partial charge in [0.05, 0.1) is 0 Å². The number of hydrogen-bond acceptors (Lipinski definition) is 5. The Morgan fingerprint density at radius 3 is 3.00 bits per heavy atom. The molecular weight excluding hydrogens is 246 g/mol. The SMILES string of the molecule is Cc1nc(Oc2cccc(N)c2)cc2n[nH]c(=O)n12. The fraction of sp³-hybridized carbons (Fsp3) is 0.0833. The summed E-state index contributed by atoms with van der Waals surface area (Å²) in [5, 5.41) is 6.24. The van der Waals surface area contributed by atoms with Crippen molar-refractivity contribution in [1.29, 1.82) is 0 Å². The van der Waals surface area contributed by atoms with Crippen LogP contribution < -0.4 is 16.2 Å². The van der Waals surface area contributed by atoms with E-state index in [-0.39, 0.29) is 5.69 Å². The fourth-order valence-electron chi connectivity index (χ4n) is 1.82. The van der Waals surface area contributed by atoms with Crippen LogP contribution in [0, 0.1) is 6.92 Å². The van der Waals surface area contributed by atoms with Crippen LogP contribution in [0.2, 0.25) is 0 Å². The number of ether oxygens (including phenoxy) is 1. The topological polar surface area (TPSA) is 98.3 Å². The third-order valence-corrected chi connectivity index (χ3v) is 2.63. The van der Waals surface area contributed by atoms with Crippen molar-refractivity contribution in [3.05, 3.63) is 46.6 Å². The quantitative estimate of drug-likeness (QED) is 0.670. The van der Waals surface area contributed by atoms with Gasteiger partial charge in [0.15, 0.2) is 5.65 Å². The molecular formula is C12H11N5O2. The van der Waals surface area contributed by atoms with Crippen LogP contribution >= 0.6 is 0 Å². The van der Waals surface area contributed by atoms with Crippen molar-refractivity contribution in [1.82, 2.24) is 19.6 Å². The molecule has 0 saturated heterocycles. The molecule has 0 radical (unpaired) electrons. The molecule has 2 heterocycles. The molecule has 96 valence electrons. The van der Waals surface area contributed by atoms with Crippen LogP contribution in [-0.4, -0.2) is 19.6 Å². The Hall–Kier alpha value is -2.83. The molecule has 3 aromatic rings. The molecule has 0 aliphatic carbocycles. The third kappa shape index (κ3) is 2.01. The summed E-state index contributed by atoms with van der Waals surface area (Å²) in [5.41, 5.74) is 6.41. The maximum atomic E-state index is 11.5. The van der Waals surface area contributed by atoms with Gasteiger partial charge >= 0.3 is 5.69 Å². The summed E-state index contributed by atoms with van der Waals surface area (Å²) in [7, 11) is 0. The molecule has 0 amide bonds. The Labute approximate surface area is 107 Å². The minimum absolute atomic E-state index is 0.324. The molecule has 19 heavy (non-hydrogen) atoms. The fourth-order valence-corrected chi connectivity index (χ4v) is 1.82. The first-order valence-corrected chi connectivity index (χ1v) is 5.62. The van der Waals surface area contributed by atoms with Gasteiger partial charge in [-0.3, -0.25) is 0 Å². The molecule has 0 saturated carbocycles. The van der Waals surface area contributed by atoms with Crippen LogP contribution in [0.5, 0.6) is 11.6 Å². The lowest BCUT2D eigenvalue weighted by Gasteiger charge is -2.06. The van der Waals surface area contributed by atoms with E-state index in [0.29, 0.717) is 28.8 Å². The number of aryl methyl sites for hydroxylation is 1. The zero-order valence-corrected chi connectivity index (χ0v) is 10.1. The number of nitrogens with two attached hydrogens (primary N) is 1. The highest BCUT2D eigenvalue weighted by molar-refractivity contribution is 5.46. The molecule has 1 aromatic carbocycles. The second-order valence-corrected chi connectivity index (χ2v) is 4.04. The van der Waals surface area contributed by atoms with Crippen LogP contribution in [0.15, 0.2) is 35.1 Å². The van der Waals surface area contributed by atoms with Gasteiger partial charge in [-0.2, -0.15) is 10.1 Å². The van der Waals surface area contributed by atoms with E-state index < -0.39 is 0 Å². The van der Waals surface area contributed by atoms with E-state index >= 15 is 0 Å². The van der Waals surface area contributed by atoms with E-state index in [0.717, 1.165) is 0 Å². The first kappa shape index (κ1) is 11.3. The van der Waals surface area contributed by atoms with E-state index in [1.54, 1.807) is 37.3 Å². The highest BCUT2D eigenvalue weighted by Crippen LogP contribution is 2.22. The van der Waals surface area contributed by atoms with E-state index in [1.807, 2.05) is 0 Å². The molecule has 0 aliphatic rings. The summed E-state index contributed by atoms with van der Waals surface area (Å²) in [6.45, 7) is 1.70. The maximum absolute atomic E-state index is 11.5. The van der Waals surface area contributed by atoms with Crippen LogP contribution in [-0.2, 0) is 0 Å². The normalized spacial score (nSPS) is 10.8. The van der Waals surface area contributed by atoms with Crippen LogP contribution in [0.25, 0.3) is 5.65 Å². The second-order valence-electron chi connectivity index (χ2n) is 4.04. The first-order valence-electron chi connectivity index (χ1n) is 5.62. The molecule has 2 aromatic heterocycles. The molecule has 0 fully saturated rings. The minimum atomic E-state index is -0.324. The van der Waals surface area contributed by atoms with E-state index in [9.17, 15) is 4.79 Å². The average Bonchev–Trinajstić information content (AvgIpc) is 2.71. The van der Waals surface area contributed by atoms with Gasteiger partial charge < -0.3 is 10.5 Å². The molecule has 0 unspecified atom stereocenters. The van der Waals surface area contributed by atoms with E-state index in [2.05, 4.69) is 15.2 Å². The monoisotopic (exact) mass is 257 g/mol. The molecule has 7 nitrogen and oxygen atoms in total. The Balaban J connectivity index is 2.04. The highest BCUT2D eigenvalue weighted by Gasteiger charge is 2.08. The van der Waals surface area contributed by atoms with Crippen LogP contribution in [0.4, 0.5) is 5.69 Å². The molecule has 3 rings (SSSR count). The first-order chi connectivity index (χ1) is 9.13. The number of nitrogens with one attached hydrogen (secondary N) is 1. The van der Waals surface area contributed by atoms with E-state index in [4.69, 9.17) is 10.5 Å². The summed E-state index contributed by atoms with van der Waals surface area (Å²) >= 11 is 0. The lowest BCUT2D eigenvalue weighted by molar-refractivity contribution is 0.460.